The summed E-state index contributed by atoms with van der Waals surface area (Å²) in [7, 11) is 0. The lowest BCUT2D eigenvalue weighted by Gasteiger charge is -2.16. The lowest BCUT2D eigenvalue weighted by Crippen LogP contribution is -2.14. The maximum absolute atomic E-state index is 6.30. The van der Waals surface area contributed by atoms with Crippen LogP contribution in [-0.4, -0.2) is 0 Å². The SMILES string of the molecule is Cc1cccc(COc2ccc3ccccc3c2CNCc2ccccc2Cl)c1. The summed E-state index contributed by atoms with van der Waals surface area (Å²) in [6.07, 6.45) is 0. The summed E-state index contributed by atoms with van der Waals surface area (Å²) < 4.78 is 6.25. The highest BCUT2D eigenvalue weighted by atomic mass is 35.5. The number of aryl methyl sites for hydroxylation is 1. The van der Waals surface area contributed by atoms with Crippen molar-refractivity contribution in [3.63, 3.8) is 0 Å². The van der Waals surface area contributed by atoms with Gasteiger partial charge in [0.25, 0.3) is 0 Å². The molecule has 0 spiro atoms. The van der Waals surface area contributed by atoms with Crippen LogP contribution < -0.4 is 10.1 Å². The molecule has 4 rings (SSSR count). The van der Waals surface area contributed by atoms with E-state index in [-0.39, 0.29) is 0 Å². The minimum absolute atomic E-state index is 0.553. The molecule has 0 atom stereocenters. The Kier molecular flexibility index (Phi) is 6.14. The van der Waals surface area contributed by atoms with E-state index in [0.717, 1.165) is 16.3 Å². The van der Waals surface area contributed by atoms with Crippen molar-refractivity contribution < 1.29 is 4.74 Å². The van der Waals surface area contributed by atoms with Crippen LogP contribution in [0.15, 0.2) is 84.9 Å². The van der Waals surface area contributed by atoms with E-state index < -0.39 is 0 Å². The van der Waals surface area contributed by atoms with E-state index in [2.05, 4.69) is 72.9 Å². The van der Waals surface area contributed by atoms with Gasteiger partial charge in [-0.2, -0.15) is 0 Å². The highest BCUT2D eigenvalue weighted by Crippen LogP contribution is 2.29. The van der Waals surface area contributed by atoms with E-state index in [9.17, 15) is 0 Å². The van der Waals surface area contributed by atoms with Crippen molar-refractivity contribution in [3.8, 4) is 5.75 Å². The predicted molar refractivity (Wildman–Crippen MR) is 121 cm³/mol. The van der Waals surface area contributed by atoms with Crippen LogP contribution in [0.4, 0.5) is 0 Å². The van der Waals surface area contributed by atoms with Crippen LogP contribution in [0.2, 0.25) is 5.02 Å². The summed E-state index contributed by atoms with van der Waals surface area (Å²) in [5.41, 5.74) is 4.68. The fourth-order valence-electron chi connectivity index (χ4n) is 3.56. The van der Waals surface area contributed by atoms with Crippen molar-refractivity contribution in [3.05, 3.63) is 112 Å². The van der Waals surface area contributed by atoms with E-state index in [1.165, 1.54) is 27.5 Å². The van der Waals surface area contributed by atoms with Gasteiger partial charge in [0.2, 0.25) is 0 Å². The first-order valence-corrected chi connectivity index (χ1v) is 10.2. The number of ether oxygens (including phenoxy) is 1. The minimum Gasteiger partial charge on any atom is -0.489 e. The Labute approximate surface area is 177 Å². The van der Waals surface area contributed by atoms with Crippen molar-refractivity contribution in [2.45, 2.75) is 26.6 Å². The summed E-state index contributed by atoms with van der Waals surface area (Å²) in [5.74, 6) is 0.914. The van der Waals surface area contributed by atoms with Crippen molar-refractivity contribution in [1.82, 2.24) is 5.32 Å². The Bertz CT molecular complexity index is 1120. The van der Waals surface area contributed by atoms with Crippen LogP contribution >= 0.6 is 11.6 Å². The number of halogens is 1. The van der Waals surface area contributed by atoms with Crippen molar-refractivity contribution in [2.24, 2.45) is 0 Å². The maximum Gasteiger partial charge on any atom is 0.124 e. The van der Waals surface area contributed by atoms with Crippen molar-refractivity contribution in [1.29, 1.82) is 0 Å². The molecule has 1 N–H and O–H groups in total. The second kappa shape index (κ2) is 9.13. The number of hydrogen-bond donors (Lipinski definition) is 1. The lowest BCUT2D eigenvalue weighted by molar-refractivity contribution is 0.302. The average Bonchev–Trinajstić information content (AvgIpc) is 2.74. The fraction of sp³-hybridized carbons (Fsp3) is 0.154. The van der Waals surface area contributed by atoms with Crippen LogP contribution in [0.3, 0.4) is 0 Å². The van der Waals surface area contributed by atoms with Crippen LogP contribution in [0.1, 0.15) is 22.3 Å². The Morgan fingerprint density at radius 2 is 1.66 bits per heavy atom. The summed E-state index contributed by atoms with van der Waals surface area (Å²) in [6.45, 7) is 4.07. The molecule has 0 fully saturated rings. The number of rotatable bonds is 7. The zero-order valence-electron chi connectivity index (χ0n) is 16.5. The Hall–Kier alpha value is -2.81. The van der Waals surface area contributed by atoms with Gasteiger partial charge in [-0.05, 0) is 41.0 Å². The summed E-state index contributed by atoms with van der Waals surface area (Å²) in [4.78, 5) is 0. The molecular formula is C26H24ClNO. The molecule has 29 heavy (non-hydrogen) atoms. The van der Waals surface area contributed by atoms with Gasteiger partial charge < -0.3 is 10.1 Å². The molecule has 0 radical (unpaired) electrons. The lowest BCUT2D eigenvalue weighted by atomic mass is 10.0. The molecule has 0 bridgehead atoms. The van der Waals surface area contributed by atoms with Gasteiger partial charge in [-0.15, -0.1) is 0 Å². The van der Waals surface area contributed by atoms with Crippen LogP contribution in [-0.2, 0) is 19.7 Å². The molecule has 0 heterocycles. The summed E-state index contributed by atoms with van der Waals surface area (Å²) >= 11 is 6.30. The molecule has 146 valence electrons. The number of benzene rings is 4. The molecule has 0 saturated heterocycles. The van der Waals surface area contributed by atoms with Crippen LogP contribution in [0.5, 0.6) is 5.75 Å². The quantitative estimate of drug-likeness (QED) is 0.373. The minimum atomic E-state index is 0.553. The van der Waals surface area contributed by atoms with Crippen LogP contribution in [0, 0.1) is 6.92 Å². The van der Waals surface area contributed by atoms with Gasteiger partial charge in [0.05, 0.1) is 0 Å². The largest absolute Gasteiger partial charge is 0.489 e. The van der Waals surface area contributed by atoms with Gasteiger partial charge in [0, 0.05) is 23.7 Å². The van der Waals surface area contributed by atoms with Crippen LogP contribution in [0.25, 0.3) is 10.8 Å². The molecule has 4 aromatic carbocycles. The Morgan fingerprint density at radius 3 is 2.52 bits per heavy atom. The smallest absolute Gasteiger partial charge is 0.124 e. The molecule has 0 aromatic heterocycles. The number of fused-ring (bicyclic) bond motifs is 1. The van der Waals surface area contributed by atoms with Gasteiger partial charge in [-0.3, -0.25) is 0 Å². The van der Waals surface area contributed by atoms with Crippen molar-refractivity contribution in [2.75, 3.05) is 0 Å². The van der Waals surface area contributed by atoms with E-state index >= 15 is 0 Å². The zero-order chi connectivity index (χ0) is 20.1. The van der Waals surface area contributed by atoms with E-state index in [0.29, 0.717) is 19.7 Å². The monoisotopic (exact) mass is 401 g/mol. The Balaban J connectivity index is 1.56. The molecule has 0 aliphatic carbocycles. The average molecular weight is 402 g/mol. The molecule has 3 heteroatoms. The zero-order valence-corrected chi connectivity index (χ0v) is 17.2. The third kappa shape index (κ3) is 4.79. The molecular weight excluding hydrogens is 378 g/mol. The predicted octanol–water partition coefficient (Wildman–Crippen LogP) is 6.67. The van der Waals surface area contributed by atoms with E-state index in [1.807, 2.05) is 24.3 Å². The highest BCUT2D eigenvalue weighted by molar-refractivity contribution is 6.31. The summed E-state index contributed by atoms with van der Waals surface area (Å²) in [6, 6.07) is 29.0. The standard InChI is InChI=1S/C26H24ClNO/c1-19-7-6-8-20(15-19)18-29-26-14-13-21-9-2-4-11-23(21)24(26)17-28-16-22-10-3-5-12-25(22)27/h2-15,28H,16-18H2,1H3. The molecule has 0 saturated carbocycles. The van der Waals surface area contributed by atoms with Gasteiger partial charge in [0.15, 0.2) is 0 Å². The van der Waals surface area contributed by atoms with Gasteiger partial charge in [0.1, 0.15) is 12.4 Å². The first kappa shape index (κ1) is 19.5. The highest BCUT2D eigenvalue weighted by Gasteiger charge is 2.10. The second-order valence-corrected chi connectivity index (χ2v) is 7.64. The number of nitrogens with one attached hydrogen (secondary N) is 1. The first-order chi connectivity index (χ1) is 14.2. The third-order valence-corrected chi connectivity index (χ3v) is 5.42. The molecule has 0 unspecified atom stereocenters. The van der Waals surface area contributed by atoms with Gasteiger partial charge in [-0.1, -0.05) is 90.0 Å². The number of hydrogen-bond acceptors (Lipinski definition) is 2. The molecule has 4 aromatic rings. The van der Waals surface area contributed by atoms with Crippen molar-refractivity contribution >= 4 is 22.4 Å². The maximum atomic E-state index is 6.30. The van der Waals surface area contributed by atoms with E-state index in [4.69, 9.17) is 16.3 Å². The first-order valence-electron chi connectivity index (χ1n) is 9.84. The third-order valence-electron chi connectivity index (χ3n) is 5.05. The van der Waals surface area contributed by atoms with Gasteiger partial charge >= 0.3 is 0 Å². The summed E-state index contributed by atoms with van der Waals surface area (Å²) in [5, 5.41) is 6.74. The molecule has 0 amide bonds. The normalized spacial score (nSPS) is 11.0. The van der Waals surface area contributed by atoms with E-state index in [1.54, 1.807) is 0 Å². The topological polar surface area (TPSA) is 21.3 Å². The molecule has 0 aliphatic heterocycles. The fourth-order valence-corrected chi connectivity index (χ4v) is 3.76. The molecule has 0 aliphatic rings. The molecule has 2 nitrogen and oxygen atoms in total. The Morgan fingerprint density at radius 1 is 0.828 bits per heavy atom. The van der Waals surface area contributed by atoms with Gasteiger partial charge in [-0.25, -0.2) is 0 Å². The second-order valence-electron chi connectivity index (χ2n) is 7.24.